The Bertz CT molecular complexity index is 159. The first-order chi connectivity index (χ1) is 6.67. The summed E-state index contributed by atoms with van der Waals surface area (Å²) < 4.78 is 0. The van der Waals surface area contributed by atoms with E-state index in [0.717, 1.165) is 12.5 Å². The van der Waals surface area contributed by atoms with Crippen molar-refractivity contribution in [1.29, 1.82) is 0 Å². The van der Waals surface area contributed by atoms with Crippen molar-refractivity contribution in [2.45, 2.75) is 73.3 Å². The Balaban J connectivity index is 4.14. The van der Waals surface area contributed by atoms with E-state index >= 15 is 0 Å². The van der Waals surface area contributed by atoms with Gasteiger partial charge in [-0.15, -0.1) is 0 Å². The first-order valence-corrected chi connectivity index (χ1v) is 6.42. The van der Waals surface area contributed by atoms with E-state index in [2.05, 4.69) is 53.8 Å². The summed E-state index contributed by atoms with van der Waals surface area (Å²) in [4.78, 5) is 0. The number of nitrogens with one attached hydrogen (secondary N) is 1. The third kappa shape index (κ3) is 7.84. The minimum absolute atomic E-state index is 0.246. The Labute approximate surface area is 97.0 Å². The molecule has 1 nitrogen and oxygen atoms in total. The van der Waals surface area contributed by atoms with Crippen molar-refractivity contribution in [3.8, 4) is 0 Å². The van der Waals surface area contributed by atoms with Crippen molar-refractivity contribution in [1.82, 2.24) is 5.32 Å². The number of hydrogen-bond acceptors (Lipinski definition) is 1. The van der Waals surface area contributed by atoms with E-state index in [9.17, 15) is 0 Å². The van der Waals surface area contributed by atoms with Crippen LogP contribution in [0.4, 0.5) is 0 Å². The smallest absolute Gasteiger partial charge is 0.00966 e. The van der Waals surface area contributed by atoms with E-state index in [-0.39, 0.29) is 5.54 Å². The van der Waals surface area contributed by atoms with Crippen molar-refractivity contribution in [3.63, 3.8) is 0 Å². The van der Waals surface area contributed by atoms with Crippen molar-refractivity contribution in [2.24, 2.45) is 11.3 Å². The van der Waals surface area contributed by atoms with Crippen LogP contribution in [-0.2, 0) is 0 Å². The van der Waals surface area contributed by atoms with Gasteiger partial charge in [0.05, 0.1) is 0 Å². The molecule has 0 fully saturated rings. The summed E-state index contributed by atoms with van der Waals surface area (Å²) in [5, 5.41) is 3.64. The number of rotatable bonds is 5. The second-order valence-corrected chi connectivity index (χ2v) is 6.84. The van der Waals surface area contributed by atoms with Crippen LogP contribution >= 0.6 is 0 Å². The van der Waals surface area contributed by atoms with Gasteiger partial charge in [0.25, 0.3) is 0 Å². The van der Waals surface area contributed by atoms with Gasteiger partial charge in [0.15, 0.2) is 0 Å². The van der Waals surface area contributed by atoms with Crippen LogP contribution < -0.4 is 5.32 Å². The molecule has 0 aromatic heterocycles. The molecule has 0 heterocycles. The zero-order valence-corrected chi connectivity index (χ0v) is 11.9. The molecule has 0 aliphatic carbocycles. The molecule has 0 radical (unpaired) electrons. The summed E-state index contributed by atoms with van der Waals surface area (Å²) in [6.45, 7) is 17.2. The molecule has 0 aliphatic rings. The van der Waals surface area contributed by atoms with E-state index in [0.29, 0.717) is 5.41 Å². The van der Waals surface area contributed by atoms with Crippen LogP contribution in [0.1, 0.15) is 67.7 Å². The van der Waals surface area contributed by atoms with Crippen LogP contribution in [0.25, 0.3) is 0 Å². The van der Waals surface area contributed by atoms with Gasteiger partial charge in [-0.1, -0.05) is 40.5 Å². The molecule has 1 atom stereocenters. The third-order valence-electron chi connectivity index (χ3n) is 3.01. The fourth-order valence-electron chi connectivity index (χ4n) is 1.72. The number of hydrogen-bond donors (Lipinski definition) is 1. The molecule has 0 saturated heterocycles. The lowest BCUT2D eigenvalue weighted by Crippen LogP contribution is -2.42. The second kappa shape index (κ2) is 5.89. The minimum atomic E-state index is 0.246. The SMILES string of the molecule is CCCCC(CNC(C)(C)C)C(C)(C)C. The number of unbranched alkanes of at least 4 members (excludes halogenated alkanes) is 1. The van der Waals surface area contributed by atoms with E-state index < -0.39 is 0 Å². The Morgan fingerprint density at radius 1 is 1.00 bits per heavy atom. The van der Waals surface area contributed by atoms with E-state index in [1.165, 1.54) is 19.3 Å². The first-order valence-electron chi connectivity index (χ1n) is 6.42. The maximum Gasteiger partial charge on any atom is 0.00966 e. The molecule has 0 amide bonds. The molecule has 0 rings (SSSR count). The zero-order valence-electron chi connectivity index (χ0n) is 11.9. The highest BCUT2D eigenvalue weighted by molar-refractivity contribution is 4.79. The predicted octanol–water partition coefficient (Wildman–Crippen LogP) is 4.23. The molecule has 15 heavy (non-hydrogen) atoms. The fraction of sp³-hybridized carbons (Fsp3) is 1.00. The van der Waals surface area contributed by atoms with Crippen molar-refractivity contribution in [2.75, 3.05) is 6.54 Å². The Kier molecular flexibility index (Phi) is 5.87. The summed E-state index contributed by atoms with van der Waals surface area (Å²) in [5.41, 5.74) is 0.670. The van der Waals surface area contributed by atoms with Gasteiger partial charge in [0.2, 0.25) is 0 Å². The molecule has 0 saturated carbocycles. The lowest BCUT2D eigenvalue weighted by Gasteiger charge is -2.34. The molecule has 1 unspecified atom stereocenters. The molecule has 1 N–H and O–H groups in total. The quantitative estimate of drug-likeness (QED) is 0.721. The third-order valence-corrected chi connectivity index (χ3v) is 3.01. The molecule has 0 aromatic rings. The van der Waals surface area contributed by atoms with Crippen LogP contribution in [0.15, 0.2) is 0 Å². The van der Waals surface area contributed by atoms with Crippen molar-refractivity contribution in [3.05, 3.63) is 0 Å². The maximum atomic E-state index is 3.64. The molecule has 0 bridgehead atoms. The highest BCUT2D eigenvalue weighted by atomic mass is 14.9. The summed E-state index contributed by atoms with van der Waals surface area (Å²) in [5.74, 6) is 0.789. The average molecular weight is 213 g/mol. The van der Waals surface area contributed by atoms with Crippen molar-refractivity contribution < 1.29 is 0 Å². The molecule has 1 heteroatoms. The fourth-order valence-corrected chi connectivity index (χ4v) is 1.72. The average Bonchev–Trinajstić information content (AvgIpc) is 1.99. The Morgan fingerprint density at radius 3 is 1.87 bits per heavy atom. The minimum Gasteiger partial charge on any atom is -0.312 e. The largest absolute Gasteiger partial charge is 0.312 e. The van der Waals surface area contributed by atoms with Crippen LogP contribution in [-0.4, -0.2) is 12.1 Å². The van der Waals surface area contributed by atoms with Crippen LogP contribution in [0.2, 0.25) is 0 Å². The van der Waals surface area contributed by atoms with Gasteiger partial charge >= 0.3 is 0 Å². The van der Waals surface area contributed by atoms with Crippen LogP contribution in [0, 0.1) is 11.3 Å². The predicted molar refractivity (Wildman–Crippen MR) is 70.2 cm³/mol. The maximum absolute atomic E-state index is 3.64. The Morgan fingerprint density at radius 2 is 1.53 bits per heavy atom. The van der Waals surface area contributed by atoms with Crippen LogP contribution in [0.3, 0.4) is 0 Å². The molecule has 0 aromatic carbocycles. The second-order valence-electron chi connectivity index (χ2n) is 6.84. The molecular weight excluding hydrogens is 182 g/mol. The van der Waals surface area contributed by atoms with Gasteiger partial charge in [0.1, 0.15) is 0 Å². The summed E-state index contributed by atoms with van der Waals surface area (Å²) in [6, 6.07) is 0. The van der Waals surface area contributed by atoms with E-state index in [1.54, 1.807) is 0 Å². The summed E-state index contributed by atoms with van der Waals surface area (Å²) in [6.07, 6.45) is 4.01. The van der Waals surface area contributed by atoms with E-state index in [4.69, 9.17) is 0 Å². The van der Waals surface area contributed by atoms with Gasteiger partial charge in [0, 0.05) is 5.54 Å². The monoisotopic (exact) mass is 213 g/mol. The van der Waals surface area contributed by atoms with Gasteiger partial charge in [-0.25, -0.2) is 0 Å². The summed E-state index contributed by atoms with van der Waals surface area (Å²) in [7, 11) is 0. The standard InChI is InChI=1S/C14H31N/c1-8-9-10-12(13(2,3)4)11-15-14(5,6)7/h12,15H,8-11H2,1-7H3. The highest BCUT2D eigenvalue weighted by Crippen LogP contribution is 2.30. The molecule has 92 valence electrons. The van der Waals surface area contributed by atoms with Gasteiger partial charge in [-0.05, 0) is 45.1 Å². The van der Waals surface area contributed by atoms with Crippen molar-refractivity contribution >= 4 is 0 Å². The van der Waals surface area contributed by atoms with Gasteiger partial charge in [-0.2, -0.15) is 0 Å². The lowest BCUT2D eigenvalue weighted by molar-refractivity contribution is 0.199. The van der Waals surface area contributed by atoms with E-state index in [1.807, 2.05) is 0 Å². The van der Waals surface area contributed by atoms with Gasteiger partial charge < -0.3 is 5.32 Å². The Hall–Kier alpha value is -0.0400. The topological polar surface area (TPSA) is 12.0 Å². The molecule has 0 aliphatic heterocycles. The lowest BCUT2D eigenvalue weighted by atomic mass is 9.77. The first kappa shape index (κ1) is 15.0. The van der Waals surface area contributed by atoms with Crippen LogP contribution in [0.5, 0.6) is 0 Å². The molecular formula is C14H31N. The zero-order chi connectivity index (χ0) is 12.1. The summed E-state index contributed by atoms with van der Waals surface area (Å²) >= 11 is 0. The highest BCUT2D eigenvalue weighted by Gasteiger charge is 2.25. The normalized spacial score (nSPS) is 15.4. The molecule has 0 spiro atoms. The van der Waals surface area contributed by atoms with Gasteiger partial charge in [-0.3, -0.25) is 0 Å².